The Morgan fingerprint density at radius 3 is 2.39 bits per heavy atom. The maximum atomic E-state index is 11.4. The summed E-state index contributed by atoms with van der Waals surface area (Å²) in [7, 11) is 0. The van der Waals surface area contributed by atoms with Crippen molar-refractivity contribution < 1.29 is 4.79 Å². The zero-order valence-electron chi connectivity index (χ0n) is 18.1. The van der Waals surface area contributed by atoms with Crippen LogP contribution in [0.4, 0.5) is 11.4 Å². The zero-order chi connectivity index (χ0) is 22.8. The Balaban J connectivity index is 1.61. The Labute approximate surface area is 197 Å². The summed E-state index contributed by atoms with van der Waals surface area (Å²) in [4.78, 5) is 18.2. The molecule has 1 aliphatic heterocycles. The first-order valence-corrected chi connectivity index (χ1v) is 11.1. The minimum absolute atomic E-state index is 0.102. The van der Waals surface area contributed by atoms with Crippen LogP contribution in [0.3, 0.4) is 0 Å². The van der Waals surface area contributed by atoms with E-state index in [4.69, 9.17) is 12.2 Å². The Morgan fingerprint density at radius 1 is 0.939 bits per heavy atom. The normalized spacial score (nSPS) is 17.6. The molecule has 4 aromatic rings. The quantitative estimate of drug-likeness (QED) is 0.416. The lowest BCUT2D eigenvalue weighted by atomic mass is 10.0. The fourth-order valence-corrected chi connectivity index (χ4v) is 4.65. The van der Waals surface area contributed by atoms with Crippen molar-refractivity contribution in [2.75, 3.05) is 10.2 Å². The van der Waals surface area contributed by atoms with Crippen LogP contribution in [-0.2, 0) is 4.79 Å². The van der Waals surface area contributed by atoms with Crippen LogP contribution in [0.15, 0.2) is 97.3 Å². The van der Waals surface area contributed by atoms with Crippen LogP contribution in [0.5, 0.6) is 0 Å². The molecule has 1 saturated heterocycles. The van der Waals surface area contributed by atoms with E-state index in [1.165, 1.54) is 6.92 Å². The van der Waals surface area contributed by atoms with Crippen molar-refractivity contribution in [1.29, 1.82) is 0 Å². The van der Waals surface area contributed by atoms with Gasteiger partial charge in [-0.15, -0.1) is 0 Å². The molecule has 2 aromatic carbocycles. The lowest BCUT2D eigenvalue weighted by Gasteiger charge is -2.29. The molecule has 0 radical (unpaired) electrons. The van der Waals surface area contributed by atoms with Crippen molar-refractivity contribution in [2.45, 2.75) is 19.0 Å². The van der Waals surface area contributed by atoms with E-state index in [0.29, 0.717) is 5.11 Å². The first-order chi connectivity index (χ1) is 16.1. The van der Waals surface area contributed by atoms with Gasteiger partial charge >= 0.3 is 0 Å². The maximum Gasteiger partial charge on any atom is 0.221 e. The molecule has 0 aliphatic carbocycles. The van der Waals surface area contributed by atoms with Crippen molar-refractivity contribution in [3.8, 4) is 5.69 Å². The minimum atomic E-state index is -0.133. The Kier molecular flexibility index (Phi) is 5.62. The van der Waals surface area contributed by atoms with Crippen LogP contribution in [0.1, 0.15) is 30.4 Å². The Morgan fingerprint density at radius 2 is 1.70 bits per heavy atom. The van der Waals surface area contributed by atoms with Gasteiger partial charge in [0.25, 0.3) is 0 Å². The van der Waals surface area contributed by atoms with E-state index in [2.05, 4.69) is 55.5 Å². The Bertz CT molecular complexity index is 1270. The first kappa shape index (κ1) is 20.9. The number of anilines is 2. The van der Waals surface area contributed by atoms with Gasteiger partial charge in [0.05, 0.1) is 11.7 Å². The number of rotatable bonds is 5. The van der Waals surface area contributed by atoms with Crippen molar-refractivity contribution in [3.63, 3.8) is 0 Å². The molecule has 0 bridgehead atoms. The second kappa shape index (κ2) is 8.88. The molecule has 7 heteroatoms. The van der Waals surface area contributed by atoms with Gasteiger partial charge in [-0.25, -0.2) is 0 Å². The molecule has 3 heterocycles. The molecule has 164 valence electrons. The van der Waals surface area contributed by atoms with Gasteiger partial charge in [0, 0.05) is 42.1 Å². The number of para-hydroxylation sites is 1. The van der Waals surface area contributed by atoms with Gasteiger partial charge in [-0.1, -0.05) is 24.3 Å². The summed E-state index contributed by atoms with van der Waals surface area (Å²) in [6.45, 7) is 1.50. The summed E-state index contributed by atoms with van der Waals surface area (Å²) >= 11 is 5.82. The molecular formula is C26H23N5OS. The SMILES string of the molecule is CC(=O)Nc1ccc(N2C(=S)N[C@@H](c3ccccn3)[C@@H]2c2cccn2-c2ccccc2)cc1. The zero-order valence-corrected chi connectivity index (χ0v) is 18.9. The molecular weight excluding hydrogens is 430 g/mol. The van der Waals surface area contributed by atoms with Gasteiger partial charge < -0.3 is 20.1 Å². The van der Waals surface area contributed by atoms with Crippen LogP contribution in [0.25, 0.3) is 5.69 Å². The van der Waals surface area contributed by atoms with E-state index in [1.807, 2.05) is 60.7 Å². The number of amides is 1. The summed E-state index contributed by atoms with van der Waals surface area (Å²) in [6.07, 6.45) is 3.87. The van der Waals surface area contributed by atoms with Crippen LogP contribution in [-0.4, -0.2) is 20.6 Å². The minimum Gasteiger partial charge on any atom is -0.351 e. The summed E-state index contributed by atoms with van der Waals surface area (Å²) < 4.78 is 2.19. The van der Waals surface area contributed by atoms with Crippen molar-refractivity contribution >= 4 is 34.6 Å². The highest BCUT2D eigenvalue weighted by atomic mass is 32.1. The van der Waals surface area contributed by atoms with Gasteiger partial charge in [-0.2, -0.15) is 0 Å². The van der Waals surface area contributed by atoms with E-state index < -0.39 is 0 Å². The highest BCUT2D eigenvalue weighted by Crippen LogP contribution is 2.42. The third-order valence-corrected chi connectivity index (χ3v) is 6.00. The first-order valence-electron chi connectivity index (χ1n) is 10.7. The van der Waals surface area contributed by atoms with Crippen LogP contribution >= 0.6 is 12.2 Å². The molecule has 2 N–H and O–H groups in total. The monoisotopic (exact) mass is 453 g/mol. The van der Waals surface area contributed by atoms with E-state index >= 15 is 0 Å². The second-order valence-electron chi connectivity index (χ2n) is 7.86. The maximum absolute atomic E-state index is 11.4. The number of carbonyl (C=O) groups is 1. The smallest absolute Gasteiger partial charge is 0.221 e. The third kappa shape index (κ3) is 4.10. The summed E-state index contributed by atoms with van der Waals surface area (Å²) in [6, 6.07) is 27.8. The standard InChI is InChI=1S/C26H23N5OS/c1-18(32)28-19-12-14-21(15-13-19)31-25(24(29-26(31)33)22-10-5-6-16-27-22)23-11-7-17-30(23)20-8-3-2-4-9-20/h2-17,24-25H,1H3,(H,28,32)(H,29,33)/t24-,25-/m0/s1. The lowest BCUT2D eigenvalue weighted by Crippen LogP contribution is -2.30. The fourth-order valence-electron chi connectivity index (χ4n) is 4.30. The van der Waals surface area contributed by atoms with Gasteiger partial charge in [0.1, 0.15) is 6.04 Å². The van der Waals surface area contributed by atoms with Gasteiger partial charge in [-0.3, -0.25) is 9.78 Å². The van der Waals surface area contributed by atoms with Crippen LogP contribution in [0, 0.1) is 0 Å². The van der Waals surface area contributed by atoms with Crippen molar-refractivity contribution in [1.82, 2.24) is 14.9 Å². The molecule has 2 atom stereocenters. The molecule has 0 unspecified atom stereocenters. The van der Waals surface area contributed by atoms with Gasteiger partial charge in [0.15, 0.2) is 5.11 Å². The average Bonchev–Trinajstić information content (AvgIpc) is 3.45. The van der Waals surface area contributed by atoms with E-state index in [9.17, 15) is 4.79 Å². The van der Waals surface area contributed by atoms with E-state index in [1.54, 1.807) is 6.20 Å². The second-order valence-corrected chi connectivity index (χ2v) is 8.25. The molecule has 1 amide bonds. The van der Waals surface area contributed by atoms with Crippen molar-refractivity contribution in [2.24, 2.45) is 0 Å². The summed E-state index contributed by atoms with van der Waals surface area (Å²) in [5.74, 6) is -0.102. The van der Waals surface area contributed by atoms with Crippen molar-refractivity contribution in [3.05, 3.63) is 109 Å². The number of nitrogens with one attached hydrogen (secondary N) is 2. The molecule has 0 saturated carbocycles. The number of pyridine rings is 1. The molecule has 33 heavy (non-hydrogen) atoms. The molecule has 5 rings (SSSR count). The predicted molar refractivity (Wildman–Crippen MR) is 134 cm³/mol. The van der Waals surface area contributed by atoms with E-state index in [-0.39, 0.29) is 18.0 Å². The summed E-state index contributed by atoms with van der Waals surface area (Å²) in [5.41, 5.74) is 4.77. The average molecular weight is 454 g/mol. The molecule has 0 spiro atoms. The number of carbonyl (C=O) groups excluding carboxylic acids is 1. The summed E-state index contributed by atoms with van der Waals surface area (Å²) in [5, 5.41) is 6.94. The molecule has 1 aliphatic rings. The molecule has 2 aromatic heterocycles. The lowest BCUT2D eigenvalue weighted by molar-refractivity contribution is -0.114. The van der Waals surface area contributed by atoms with Crippen LogP contribution < -0.4 is 15.5 Å². The number of aromatic nitrogens is 2. The highest BCUT2D eigenvalue weighted by molar-refractivity contribution is 7.80. The predicted octanol–water partition coefficient (Wildman–Crippen LogP) is 5.01. The largest absolute Gasteiger partial charge is 0.351 e. The Hall–Kier alpha value is -3.97. The van der Waals surface area contributed by atoms with Gasteiger partial charge in [-0.05, 0) is 72.9 Å². The highest BCUT2D eigenvalue weighted by Gasteiger charge is 2.42. The van der Waals surface area contributed by atoms with Gasteiger partial charge in [0.2, 0.25) is 5.91 Å². The third-order valence-electron chi connectivity index (χ3n) is 5.68. The van der Waals surface area contributed by atoms with Crippen LogP contribution in [0.2, 0.25) is 0 Å². The fraction of sp³-hybridized carbons (Fsp3) is 0.115. The number of thiocarbonyl (C=S) groups is 1. The topological polar surface area (TPSA) is 62.2 Å². The number of nitrogens with zero attached hydrogens (tertiary/aromatic N) is 3. The molecule has 6 nitrogen and oxygen atoms in total. The number of hydrogen-bond donors (Lipinski definition) is 2. The van der Waals surface area contributed by atoms with E-state index in [0.717, 1.165) is 28.5 Å². The number of hydrogen-bond acceptors (Lipinski definition) is 3. The number of benzene rings is 2. The molecule has 1 fully saturated rings.